The van der Waals surface area contributed by atoms with E-state index in [1.807, 2.05) is 0 Å². The van der Waals surface area contributed by atoms with Crippen LogP contribution in [0.3, 0.4) is 0 Å². The lowest BCUT2D eigenvalue weighted by Gasteiger charge is -2.50. The Morgan fingerprint density at radius 2 is 0.769 bits per heavy atom. The van der Waals surface area contributed by atoms with E-state index in [0.717, 1.165) is 0 Å². The maximum absolute atomic E-state index is 11.3. The number of nitrogens with one attached hydrogen (secondary N) is 2. The molecule has 65 heavy (non-hydrogen) atoms. The molecule has 6 aliphatic rings. The van der Waals surface area contributed by atoms with Gasteiger partial charge < -0.3 is 136 Å². The van der Waals surface area contributed by atoms with Crippen molar-refractivity contribution in [3.63, 3.8) is 0 Å². The molecular formula is C38H68N2O25. The van der Waals surface area contributed by atoms with Gasteiger partial charge in [-0.1, -0.05) is 0 Å². The molecule has 2 saturated carbocycles. The van der Waals surface area contributed by atoms with E-state index >= 15 is 0 Å². The summed E-state index contributed by atoms with van der Waals surface area (Å²) in [6.07, 6.45) is -39.6. The van der Waals surface area contributed by atoms with Crippen molar-refractivity contribution in [2.45, 2.75) is 198 Å². The van der Waals surface area contributed by atoms with Gasteiger partial charge in [-0.3, -0.25) is 0 Å². The molecule has 0 aromatic carbocycles. The highest BCUT2D eigenvalue weighted by molar-refractivity contribution is 5.04. The number of hydrogen-bond acceptors (Lipinski definition) is 27. The highest BCUT2D eigenvalue weighted by atomic mass is 16.7. The highest BCUT2D eigenvalue weighted by Gasteiger charge is 2.56. The quantitative estimate of drug-likeness (QED) is 0.0769. The molecule has 2 unspecified atom stereocenters. The summed E-state index contributed by atoms with van der Waals surface area (Å²) in [6, 6.07) is -4.35. The molecule has 4 heterocycles. The highest BCUT2D eigenvalue weighted by Crippen LogP contribution is 2.36. The fraction of sp³-hybridized carbons (Fsp3) is 1.00. The van der Waals surface area contributed by atoms with Crippen molar-refractivity contribution in [3.05, 3.63) is 0 Å². The summed E-state index contributed by atoms with van der Waals surface area (Å²) >= 11 is 0. The summed E-state index contributed by atoms with van der Waals surface area (Å²) in [5.74, 6) is -1.84. The number of rotatable bonds is 14. The standard InChI is InChI=1S/C38H68N2O25/c1-9-17(39-13-3-11(5-41)19(45)24(50)20(13)46)22(48)30(56)37(60-9)65-34-16(8-44)62-38(31(57)27(34)53)63-32-12(6-42)4-14(21(47)25(32)51)40-18-10(2)59-36(29(55)23(18)49)64-33-15(7-43)61-35(58)28(54)26(33)52/h9-58H,3-8H2,1-2H3/t9-,10-,11?,12?,13+,14+,15-,16-,17-,18-,19-,20+,21+,22+,23+,24+,25-,26-,27-,28-,29-,30-,31-,32-,33-,34-,35-,36-,37-,38-/m1/s1. The molecule has 2 aliphatic carbocycles. The zero-order chi connectivity index (χ0) is 47.9. The van der Waals surface area contributed by atoms with Crippen LogP contribution in [0.4, 0.5) is 0 Å². The summed E-state index contributed by atoms with van der Waals surface area (Å²) in [7, 11) is 0. The number of hydrogen-bond donors (Lipinski definition) is 20. The summed E-state index contributed by atoms with van der Waals surface area (Å²) < 4.78 is 39.6. The van der Waals surface area contributed by atoms with Gasteiger partial charge in [0.15, 0.2) is 25.2 Å². The molecule has 0 amide bonds. The van der Waals surface area contributed by atoms with E-state index in [-0.39, 0.29) is 12.8 Å². The molecule has 0 bridgehead atoms. The van der Waals surface area contributed by atoms with Gasteiger partial charge in [-0.25, -0.2) is 0 Å². The first-order valence-electron chi connectivity index (χ1n) is 21.8. The normalized spacial score (nSPS) is 54.6. The Labute approximate surface area is 371 Å². The summed E-state index contributed by atoms with van der Waals surface area (Å²) in [5.41, 5.74) is 0. The lowest BCUT2D eigenvalue weighted by atomic mass is 9.78. The van der Waals surface area contributed by atoms with Crippen molar-refractivity contribution >= 4 is 0 Å². The molecular weight excluding hydrogens is 884 g/mol. The Morgan fingerprint density at radius 3 is 1.25 bits per heavy atom. The lowest BCUT2D eigenvalue weighted by Crippen LogP contribution is -2.70. The Balaban J connectivity index is 1.05. The van der Waals surface area contributed by atoms with E-state index in [1.165, 1.54) is 13.8 Å². The van der Waals surface area contributed by atoms with Crippen LogP contribution in [0.5, 0.6) is 0 Å². The van der Waals surface area contributed by atoms with Gasteiger partial charge in [0, 0.05) is 37.1 Å². The van der Waals surface area contributed by atoms with E-state index in [9.17, 15) is 91.9 Å². The van der Waals surface area contributed by atoms with Gasteiger partial charge in [0.2, 0.25) is 0 Å². The van der Waals surface area contributed by atoms with Crippen LogP contribution in [0.25, 0.3) is 0 Å². The van der Waals surface area contributed by atoms with Crippen LogP contribution in [0, 0.1) is 11.8 Å². The van der Waals surface area contributed by atoms with Crippen LogP contribution in [0.1, 0.15) is 26.7 Å². The molecule has 4 aliphatic heterocycles. The van der Waals surface area contributed by atoms with Gasteiger partial charge in [-0.05, 0) is 26.7 Å². The third-order valence-electron chi connectivity index (χ3n) is 13.8. The fourth-order valence-corrected chi connectivity index (χ4v) is 9.80. The second kappa shape index (κ2) is 22.3. The van der Waals surface area contributed by atoms with Crippen molar-refractivity contribution in [2.24, 2.45) is 11.8 Å². The Bertz CT molecular complexity index is 1480. The molecule has 380 valence electrons. The predicted molar refractivity (Wildman–Crippen MR) is 207 cm³/mol. The van der Waals surface area contributed by atoms with E-state index in [4.69, 9.17) is 33.2 Å². The first-order valence-corrected chi connectivity index (χ1v) is 21.8. The first kappa shape index (κ1) is 53.3. The SMILES string of the molecule is C[C@H]1O[C@H](O[C@H]2[C@H](O)[C@@H](O)[C@H](O)O[C@@H]2CO)[C@H](O)[C@@H](O)[C@@H]1N[C@H]1CC(CO)[C@@H](O[C@H]2O[C@H](CO)[C@@H](O[C@H]3O[C@H](C)[C@@H](N[C@H]4CC(CO)[C@@H](O)[C@H](O)[C@H]4O)[C@H](O)[C@H]3O)[C@H](O)[C@H]2O)[C@H](O)[C@H]1O. The average molecular weight is 953 g/mol. The molecule has 6 rings (SSSR count). The smallest absolute Gasteiger partial charge is 0.187 e. The molecule has 0 spiro atoms. The summed E-state index contributed by atoms with van der Waals surface area (Å²) in [6.45, 7) is 0.0971. The molecule has 27 nitrogen and oxygen atoms in total. The third-order valence-corrected chi connectivity index (χ3v) is 13.8. The Morgan fingerprint density at radius 1 is 0.385 bits per heavy atom. The topological polar surface area (TPSA) is 453 Å². The van der Waals surface area contributed by atoms with Crippen molar-refractivity contribution < 1.29 is 125 Å². The molecule has 0 aromatic rings. The van der Waals surface area contributed by atoms with Crippen molar-refractivity contribution in [3.8, 4) is 0 Å². The monoisotopic (exact) mass is 952 g/mol. The number of aliphatic hydroxyl groups is 18. The van der Waals surface area contributed by atoms with Gasteiger partial charge in [0.05, 0.1) is 61.9 Å². The Kier molecular flexibility index (Phi) is 18.3. The largest absolute Gasteiger partial charge is 0.396 e. The summed E-state index contributed by atoms with van der Waals surface area (Å²) in [4.78, 5) is 0. The molecule has 0 radical (unpaired) electrons. The molecule has 6 fully saturated rings. The lowest BCUT2D eigenvalue weighted by molar-refractivity contribution is -0.362. The molecule has 27 heteroatoms. The number of aliphatic hydroxyl groups excluding tert-OH is 18. The van der Waals surface area contributed by atoms with E-state index in [1.54, 1.807) is 0 Å². The summed E-state index contributed by atoms with van der Waals surface area (Å²) in [5, 5.41) is 197. The van der Waals surface area contributed by atoms with Gasteiger partial charge in [0.1, 0.15) is 85.5 Å². The number of ether oxygens (including phenoxy) is 7. The van der Waals surface area contributed by atoms with E-state index < -0.39 is 210 Å². The van der Waals surface area contributed by atoms with Crippen LogP contribution in [-0.4, -0.2) is 290 Å². The second-order valence-corrected chi connectivity index (χ2v) is 18.0. The van der Waals surface area contributed by atoms with Crippen LogP contribution in [0.15, 0.2) is 0 Å². The van der Waals surface area contributed by atoms with Crippen LogP contribution < -0.4 is 10.6 Å². The van der Waals surface area contributed by atoms with Gasteiger partial charge >= 0.3 is 0 Å². The molecule has 0 aromatic heterocycles. The zero-order valence-corrected chi connectivity index (χ0v) is 35.5. The fourth-order valence-electron chi connectivity index (χ4n) is 9.80. The maximum Gasteiger partial charge on any atom is 0.187 e. The predicted octanol–water partition coefficient (Wildman–Crippen LogP) is -11.6. The average Bonchev–Trinajstić information content (AvgIpc) is 3.28. The molecule has 20 N–H and O–H groups in total. The van der Waals surface area contributed by atoms with Crippen molar-refractivity contribution in [1.82, 2.24) is 10.6 Å². The second-order valence-electron chi connectivity index (χ2n) is 18.0. The van der Waals surface area contributed by atoms with Gasteiger partial charge in [-0.15, -0.1) is 0 Å². The van der Waals surface area contributed by atoms with Gasteiger partial charge in [-0.2, -0.15) is 0 Å². The first-order chi connectivity index (χ1) is 30.7. The molecule has 4 saturated heterocycles. The van der Waals surface area contributed by atoms with E-state index in [2.05, 4.69) is 10.6 Å². The van der Waals surface area contributed by atoms with Crippen LogP contribution in [0.2, 0.25) is 0 Å². The van der Waals surface area contributed by atoms with Crippen molar-refractivity contribution in [2.75, 3.05) is 26.4 Å². The van der Waals surface area contributed by atoms with Crippen LogP contribution in [-0.2, 0) is 33.2 Å². The van der Waals surface area contributed by atoms with Crippen LogP contribution >= 0.6 is 0 Å². The minimum atomic E-state index is -2.00. The zero-order valence-electron chi connectivity index (χ0n) is 35.5. The minimum absolute atomic E-state index is 0.0115. The maximum atomic E-state index is 11.3. The van der Waals surface area contributed by atoms with E-state index in [0.29, 0.717) is 0 Å². The van der Waals surface area contributed by atoms with Gasteiger partial charge in [0.25, 0.3) is 0 Å². The Hall–Kier alpha value is -1.08. The minimum Gasteiger partial charge on any atom is -0.396 e. The molecule has 30 atom stereocenters. The van der Waals surface area contributed by atoms with Crippen molar-refractivity contribution in [1.29, 1.82) is 0 Å². The third kappa shape index (κ3) is 10.8.